The van der Waals surface area contributed by atoms with Gasteiger partial charge in [0.25, 0.3) is 0 Å². The molecule has 4 rings (SSSR count). The molecule has 2 N–H and O–H groups in total. The van der Waals surface area contributed by atoms with Gasteiger partial charge in [0.05, 0.1) is 17.6 Å². The molecule has 0 spiro atoms. The molecule has 0 bridgehead atoms. The number of aliphatic hydroxyl groups is 1. The number of aliphatic imine (C=N–C) groups is 1. The fraction of sp³-hybridized carbons (Fsp3) is 0.435. The van der Waals surface area contributed by atoms with Gasteiger partial charge < -0.3 is 19.6 Å². The molecule has 1 aliphatic rings. The summed E-state index contributed by atoms with van der Waals surface area (Å²) in [5.41, 5.74) is 5.23. The quantitative estimate of drug-likeness (QED) is 0.555. The minimum absolute atomic E-state index is 0.251. The van der Waals surface area contributed by atoms with Crippen molar-refractivity contribution in [2.45, 2.75) is 53.7 Å². The average molecular weight is 487 g/mol. The number of aliphatic hydroxyl groups excluding tert-OH is 1. The summed E-state index contributed by atoms with van der Waals surface area (Å²) in [5.74, 6) is 0.887. The van der Waals surface area contributed by atoms with E-state index in [0.29, 0.717) is 13.1 Å². The fourth-order valence-corrected chi connectivity index (χ4v) is 4.26. The predicted molar refractivity (Wildman–Crippen MR) is 130 cm³/mol. The molecule has 0 amide bonds. The molecule has 1 saturated heterocycles. The summed E-state index contributed by atoms with van der Waals surface area (Å²) >= 11 is 3.64. The molecule has 0 unspecified atom stereocenters. The summed E-state index contributed by atoms with van der Waals surface area (Å²) in [5, 5.41) is 11.4. The summed E-state index contributed by atoms with van der Waals surface area (Å²) in [6.07, 6.45) is 4.36. The number of nitrogens with one attached hydrogen (secondary N) is 1. The van der Waals surface area contributed by atoms with Crippen LogP contribution in [0.2, 0.25) is 0 Å². The standard InChI is InChI=1S/C14H20BrN3O.C9H11N3/c1-5-11-13(15)12(9(4)17-11)14(16-8(2)3)18-6-10(19)7-18;1-3-12-6-11-8-4-7(2)5-10-9(8)12/h10,17,19H,4-7H2,1-3H3;4-6H,3H2,1-2H3/b14-12-;. The zero-order valence-electron chi connectivity index (χ0n) is 18.9. The lowest BCUT2D eigenvalue weighted by molar-refractivity contribution is 0.0382. The number of aromatic amines is 1. The van der Waals surface area contributed by atoms with Crippen LogP contribution in [0.1, 0.15) is 39.0 Å². The van der Waals surface area contributed by atoms with Crippen LogP contribution in [0.4, 0.5) is 0 Å². The molecule has 0 aliphatic carbocycles. The van der Waals surface area contributed by atoms with Crippen LogP contribution in [0.3, 0.4) is 0 Å². The molecule has 4 heterocycles. The number of fused-ring (bicyclic) bond motifs is 1. The van der Waals surface area contributed by atoms with Crippen LogP contribution in [-0.4, -0.2) is 54.4 Å². The summed E-state index contributed by atoms with van der Waals surface area (Å²) in [6.45, 7) is 16.4. The second-order valence-corrected chi connectivity index (χ2v) is 8.75. The molecule has 0 saturated carbocycles. The van der Waals surface area contributed by atoms with Gasteiger partial charge in [-0.25, -0.2) is 15.0 Å². The second kappa shape index (κ2) is 9.78. The molecule has 8 heteroatoms. The Hall–Kier alpha value is -2.45. The maximum atomic E-state index is 9.50. The van der Waals surface area contributed by atoms with Gasteiger partial charge >= 0.3 is 0 Å². The lowest BCUT2D eigenvalue weighted by Crippen LogP contribution is -2.51. The van der Waals surface area contributed by atoms with E-state index >= 15 is 0 Å². The van der Waals surface area contributed by atoms with E-state index in [-0.39, 0.29) is 6.10 Å². The van der Waals surface area contributed by atoms with Crippen molar-refractivity contribution < 1.29 is 5.11 Å². The van der Waals surface area contributed by atoms with E-state index in [1.165, 1.54) is 0 Å². The molecule has 3 aromatic heterocycles. The minimum Gasteiger partial charge on any atom is -0.389 e. The van der Waals surface area contributed by atoms with Crippen molar-refractivity contribution in [2.24, 2.45) is 4.99 Å². The monoisotopic (exact) mass is 486 g/mol. The largest absolute Gasteiger partial charge is 0.389 e. The van der Waals surface area contributed by atoms with Crippen molar-refractivity contribution >= 4 is 45.2 Å². The number of rotatable bonds is 4. The van der Waals surface area contributed by atoms with Gasteiger partial charge in [0.1, 0.15) is 11.3 Å². The van der Waals surface area contributed by atoms with Crippen LogP contribution in [0, 0.1) is 6.92 Å². The predicted octanol–water partition coefficient (Wildman–Crippen LogP) is 2.73. The van der Waals surface area contributed by atoms with Crippen LogP contribution < -0.4 is 10.6 Å². The summed E-state index contributed by atoms with van der Waals surface area (Å²) in [7, 11) is 0. The Morgan fingerprint density at radius 1 is 1.32 bits per heavy atom. The third-order valence-electron chi connectivity index (χ3n) is 5.09. The first kappa shape index (κ1) is 23.2. The highest BCUT2D eigenvalue weighted by Crippen LogP contribution is 2.19. The number of aryl methyl sites for hydroxylation is 3. The van der Waals surface area contributed by atoms with Crippen molar-refractivity contribution in [2.75, 3.05) is 13.1 Å². The molecule has 3 aromatic rings. The van der Waals surface area contributed by atoms with Gasteiger partial charge in [-0.2, -0.15) is 0 Å². The lowest BCUT2D eigenvalue weighted by atomic mass is 10.1. The van der Waals surface area contributed by atoms with Crippen LogP contribution in [0.15, 0.2) is 28.1 Å². The first-order chi connectivity index (χ1) is 14.7. The molecule has 0 aromatic carbocycles. The molecular formula is C23H31BrN6O. The number of pyridine rings is 1. The van der Waals surface area contributed by atoms with E-state index in [0.717, 1.165) is 62.0 Å². The van der Waals surface area contributed by atoms with Gasteiger partial charge in [-0.3, -0.25) is 0 Å². The van der Waals surface area contributed by atoms with Crippen LogP contribution >= 0.6 is 15.9 Å². The normalized spacial score (nSPS) is 14.7. The Morgan fingerprint density at radius 3 is 2.58 bits per heavy atom. The van der Waals surface area contributed by atoms with Gasteiger partial charge in [0.15, 0.2) is 5.65 Å². The van der Waals surface area contributed by atoms with Gasteiger partial charge in [-0.15, -0.1) is 0 Å². The van der Waals surface area contributed by atoms with Gasteiger partial charge in [0, 0.05) is 47.1 Å². The Kier molecular flexibility index (Phi) is 7.33. The van der Waals surface area contributed by atoms with E-state index < -0.39 is 0 Å². The summed E-state index contributed by atoms with van der Waals surface area (Å²) in [4.78, 5) is 18.6. The van der Waals surface area contributed by atoms with Crippen LogP contribution in [0.25, 0.3) is 23.6 Å². The molecule has 31 heavy (non-hydrogen) atoms. The molecule has 0 atom stereocenters. The number of H-pyrrole nitrogens is 1. The first-order valence-electron chi connectivity index (χ1n) is 10.6. The number of imidazole rings is 1. The zero-order valence-corrected chi connectivity index (χ0v) is 20.5. The smallest absolute Gasteiger partial charge is 0.159 e. The van der Waals surface area contributed by atoms with Crippen LogP contribution in [0.5, 0.6) is 0 Å². The molecule has 7 nitrogen and oxygen atoms in total. The molecule has 166 valence electrons. The van der Waals surface area contributed by atoms with Crippen molar-refractivity contribution in [1.29, 1.82) is 0 Å². The van der Waals surface area contributed by atoms with Crippen molar-refractivity contribution in [3.63, 3.8) is 0 Å². The summed E-state index contributed by atoms with van der Waals surface area (Å²) < 4.78 is 3.07. The molecule has 1 fully saturated rings. The molecule has 1 aliphatic heterocycles. The van der Waals surface area contributed by atoms with Gasteiger partial charge in [-0.05, 0) is 61.7 Å². The average Bonchev–Trinajstić information content (AvgIpc) is 3.23. The number of nitrogens with zero attached hydrogens (tertiary/aromatic N) is 5. The number of likely N-dealkylation sites (tertiary alicyclic amines) is 1. The van der Waals surface area contributed by atoms with E-state index in [1.54, 1.807) is 0 Å². The van der Waals surface area contributed by atoms with E-state index in [4.69, 9.17) is 0 Å². The molecular weight excluding hydrogens is 456 g/mol. The SMILES string of the molecule is C=c1[nH]c(CC)c(Br)/c1=C(/N=C(C)C)N1CC(O)C1.CCn1cnc2cc(C)cnc21. The Morgan fingerprint density at radius 2 is 2.03 bits per heavy atom. The van der Waals surface area contributed by atoms with Crippen LogP contribution in [-0.2, 0) is 13.0 Å². The zero-order chi connectivity index (χ0) is 22.7. The number of hydrogen-bond donors (Lipinski definition) is 2. The maximum absolute atomic E-state index is 9.50. The van der Waals surface area contributed by atoms with Crippen molar-refractivity contribution in [3.8, 4) is 0 Å². The number of hydrogen-bond acceptors (Lipinski definition) is 5. The Labute approximate surface area is 191 Å². The maximum Gasteiger partial charge on any atom is 0.159 e. The van der Waals surface area contributed by atoms with Gasteiger partial charge in [0.2, 0.25) is 0 Å². The number of aromatic nitrogens is 4. The fourth-order valence-electron chi connectivity index (χ4n) is 3.47. The number of halogens is 1. The highest BCUT2D eigenvalue weighted by Gasteiger charge is 2.27. The third-order valence-corrected chi connectivity index (χ3v) is 5.96. The first-order valence-corrected chi connectivity index (χ1v) is 11.4. The van der Waals surface area contributed by atoms with E-state index in [2.05, 4.69) is 67.3 Å². The second-order valence-electron chi connectivity index (χ2n) is 7.95. The van der Waals surface area contributed by atoms with E-state index in [9.17, 15) is 5.11 Å². The highest BCUT2D eigenvalue weighted by molar-refractivity contribution is 9.10. The lowest BCUT2D eigenvalue weighted by Gasteiger charge is -2.37. The van der Waals surface area contributed by atoms with Gasteiger partial charge in [-0.1, -0.05) is 13.5 Å². The third kappa shape index (κ3) is 5.07. The minimum atomic E-state index is -0.251. The Bertz CT molecular complexity index is 1200. The number of β-amino-alcohol motifs (C(OH)–C–C–N with tert-alkyl or cyclic N) is 1. The Balaban J connectivity index is 0.000000194. The summed E-state index contributed by atoms with van der Waals surface area (Å²) in [6, 6.07) is 2.05. The highest BCUT2D eigenvalue weighted by atomic mass is 79.9. The molecule has 0 radical (unpaired) electrons. The van der Waals surface area contributed by atoms with E-state index in [1.807, 2.05) is 37.9 Å². The topological polar surface area (TPSA) is 82.3 Å². The van der Waals surface area contributed by atoms with Crippen molar-refractivity contribution in [1.82, 2.24) is 24.4 Å². The van der Waals surface area contributed by atoms with Crippen molar-refractivity contribution in [3.05, 3.63) is 44.9 Å².